The number of hydrogen-bond acceptors (Lipinski definition) is 4. The van der Waals surface area contributed by atoms with Gasteiger partial charge in [0.05, 0.1) is 26.2 Å². The Labute approximate surface area is 131 Å². The van der Waals surface area contributed by atoms with Crippen LogP contribution in [0.5, 0.6) is 0 Å². The van der Waals surface area contributed by atoms with Crippen LogP contribution in [-0.4, -0.2) is 54.4 Å². The maximum Gasteiger partial charge on any atom is 0.305 e. The molecule has 1 amide bonds. The molecule has 126 valence electrons. The molecule has 1 atom stereocenters. The molecule has 1 N–H and O–H groups in total. The quantitative estimate of drug-likeness (QED) is 0.848. The highest BCUT2D eigenvalue weighted by atomic mass is 19.2. The van der Waals surface area contributed by atoms with Crippen molar-refractivity contribution in [3.05, 3.63) is 35.4 Å². The second kappa shape index (κ2) is 7.98. The van der Waals surface area contributed by atoms with E-state index in [1.807, 2.05) is 0 Å². The van der Waals surface area contributed by atoms with Crippen LogP contribution in [-0.2, 0) is 25.6 Å². The molecule has 0 aromatic heterocycles. The van der Waals surface area contributed by atoms with Gasteiger partial charge in [-0.15, -0.1) is 0 Å². The first-order chi connectivity index (χ1) is 11.0. The van der Waals surface area contributed by atoms with Crippen LogP contribution in [0.1, 0.15) is 12.0 Å². The lowest BCUT2D eigenvalue weighted by Crippen LogP contribution is -2.45. The molecule has 0 bridgehead atoms. The van der Waals surface area contributed by atoms with Crippen molar-refractivity contribution in [2.24, 2.45) is 0 Å². The number of carbonyl (C=O) groups is 2. The molecule has 0 aliphatic carbocycles. The Balaban J connectivity index is 2.10. The van der Waals surface area contributed by atoms with Crippen molar-refractivity contribution >= 4 is 11.9 Å². The molecule has 1 aromatic carbocycles. The zero-order valence-electron chi connectivity index (χ0n) is 12.3. The number of halogens is 2. The summed E-state index contributed by atoms with van der Waals surface area (Å²) in [6.45, 7) is 0.646. The summed E-state index contributed by atoms with van der Waals surface area (Å²) >= 11 is 0. The molecular formula is C15H17F2NO5. The van der Waals surface area contributed by atoms with E-state index in [-0.39, 0.29) is 32.7 Å². The summed E-state index contributed by atoms with van der Waals surface area (Å²) in [5, 5.41) is 8.80. The zero-order chi connectivity index (χ0) is 16.8. The standard InChI is InChI=1S/C15H17F2NO5/c16-11-2-1-10(7-12(11)17)8-18(4-3-14(19)20)15(21)13-9-22-5-6-23-13/h1-2,7,13H,3-6,8-9H2,(H,19,20)/t13-/m0/s1. The lowest BCUT2D eigenvalue weighted by molar-refractivity contribution is -0.159. The average molecular weight is 329 g/mol. The smallest absolute Gasteiger partial charge is 0.305 e. The van der Waals surface area contributed by atoms with E-state index < -0.39 is 29.6 Å². The number of aliphatic carboxylic acids is 1. The van der Waals surface area contributed by atoms with Gasteiger partial charge in [-0.25, -0.2) is 8.78 Å². The number of hydrogen-bond donors (Lipinski definition) is 1. The number of carboxylic acids is 1. The van der Waals surface area contributed by atoms with Crippen molar-refractivity contribution in [3.8, 4) is 0 Å². The van der Waals surface area contributed by atoms with Crippen LogP contribution in [0.15, 0.2) is 18.2 Å². The predicted octanol–water partition coefficient (Wildman–Crippen LogP) is 1.18. The number of carboxylic acid groups (broad SMARTS) is 1. The third-order valence-electron chi connectivity index (χ3n) is 3.36. The number of nitrogens with zero attached hydrogens (tertiary/aromatic N) is 1. The fourth-order valence-electron chi connectivity index (χ4n) is 2.19. The Hall–Kier alpha value is -2.06. The molecule has 0 radical (unpaired) electrons. The molecule has 1 saturated heterocycles. The molecule has 23 heavy (non-hydrogen) atoms. The van der Waals surface area contributed by atoms with Crippen LogP contribution in [0.2, 0.25) is 0 Å². The maximum absolute atomic E-state index is 13.3. The van der Waals surface area contributed by atoms with Crippen molar-refractivity contribution in [3.63, 3.8) is 0 Å². The van der Waals surface area contributed by atoms with E-state index >= 15 is 0 Å². The Morgan fingerprint density at radius 3 is 2.65 bits per heavy atom. The SMILES string of the molecule is O=C(O)CCN(Cc1ccc(F)c(F)c1)C(=O)[C@@H]1COCCO1. The Morgan fingerprint density at radius 2 is 2.04 bits per heavy atom. The molecule has 6 nitrogen and oxygen atoms in total. The van der Waals surface area contributed by atoms with Gasteiger partial charge in [-0.05, 0) is 17.7 Å². The van der Waals surface area contributed by atoms with Gasteiger partial charge in [-0.3, -0.25) is 9.59 Å². The minimum atomic E-state index is -1.06. The first-order valence-electron chi connectivity index (χ1n) is 7.11. The molecule has 1 aliphatic rings. The number of amides is 1. The van der Waals surface area contributed by atoms with Gasteiger partial charge in [0.25, 0.3) is 5.91 Å². The van der Waals surface area contributed by atoms with E-state index in [9.17, 15) is 18.4 Å². The first kappa shape index (κ1) is 17.3. The van der Waals surface area contributed by atoms with Crippen LogP contribution in [0.25, 0.3) is 0 Å². The molecule has 2 rings (SSSR count). The van der Waals surface area contributed by atoms with Crippen LogP contribution >= 0.6 is 0 Å². The van der Waals surface area contributed by atoms with E-state index in [2.05, 4.69) is 0 Å². The summed E-state index contributed by atoms with van der Waals surface area (Å²) in [6, 6.07) is 3.29. The van der Waals surface area contributed by atoms with Crippen molar-refractivity contribution in [2.45, 2.75) is 19.1 Å². The fraction of sp³-hybridized carbons (Fsp3) is 0.467. The average Bonchev–Trinajstić information content (AvgIpc) is 2.54. The molecule has 1 heterocycles. The number of ether oxygens (including phenoxy) is 2. The molecule has 0 spiro atoms. The number of rotatable bonds is 6. The molecule has 1 aliphatic heterocycles. The van der Waals surface area contributed by atoms with Crippen LogP contribution < -0.4 is 0 Å². The van der Waals surface area contributed by atoms with Crippen molar-refractivity contribution in [2.75, 3.05) is 26.4 Å². The van der Waals surface area contributed by atoms with Crippen molar-refractivity contribution in [1.29, 1.82) is 0 Å². The van der Waals surface area contributed by atoms with Crippen LogP contribution in [0.3, 0.4) is 0 Å². The minimum absolute atomic E-state index is 0.0385. The highest BCUT2D eigenvalue weighted by Crippen LogP contribution is 2.14. The lowest BCUT2D eigenvalue weighted by atomic mass is 10.1. The maximum atomic E-state index is 13.3. The van der Waals surface area contributed by atoms with Gasteiger partial charge < -0.3 is 19.5 Å². The normalized spacial score (nSPS) is 17.7. The fourth-order valence-corrected chi connectivity index (χ4v) is 2.19. The van der Waals surface area contributed by atoms with Crippen molar-refractivity contribution < 1.29 is 33.0 Å². The lowest BCUT2D eigenvalue weighted by Gasteiger charge is -2.29. The topological polar surface area (TPSA) is 76.1 Å². The summed E-state index contributed by atoms with van der Waals surface area (Å²) < 4.78 is 36.7. The highest BCUT2D eigenvalue weighted by molar-refractivity contribution is 5.81. The van der Waals surface area contributed by atoms with Crippen LogP contribution in [0.4, 0.5) is 8.78 Å². The molecule has 1 fully saturated rings. The largest absolute Gasteiger partial charge is 0.481 e. The molecular weight excluding hydrogens is 312 g/mol. The Morgan fingerprint density at radius 1 is 1.26 bits per heavy atom. The molecule has 1 aromatic rings. The third-order valence-corrected chi connectivity index (χ3v) is 3.36. The summed E-state index contributed by atoms with van der Waals surface area (Å²) in [7, 11) is 0. The zero-order valence-corrected chi connectivity index (χ0v) is 12.3. The second-order valence-corrected chi connectivity index (χ2v) is 5.09. The van der Waals surface area contributed by atoms with E-state index in [0.717, 1.165) is 12.1 Å². The molecule has 8 heteroatoms. The molecule has 0 saturated carbocycles. The van der Waals surface area contributed by atoms with Gasteiger partial charge in [0.15, 0.2) is 17.7 Å². The predicted molar refractivity (Wildman–Crippen MR) is 74.6 cm³/mol. The summed E-state index contributed by atoms with van der Waals surface area (Å²) in [5.41, 5.74) is 0.361. The van der Waals surface area contributed by atoms with Gasteiger partial charge in [0.1, 0.15) is 0 Å². The van der Waals surface area contributed by atoms with Gasteiger partial charge in [-0.1, -0.05) is 6.07 Å². The van der Waals surface area contributed by atoms with Gasteiger partial charge in [-0.2, -0.15) is 0 Å². The van der Waals surface area contributed by atoms with Gasteiger partial charge >= 0.3 is 5.97 Å². The monoisotopic (exact) mass is 329 g/mol. The van der Waals surface area contributed by atoms with E-state index in [4.69, 9.17) is 14.6 Å². The minimum Gasteiger partial charge on any atom is -0.481 e. The van der Waals surface area contributed by atoms with E-state index in [0.29, 0.717) is 12.2 Å². The summed E-state index contributed by atoms with van der Waals surface area (Å²) in [6.07, 6.45) is -1.08. The summed E-state index contributed by atoms with van der Waals surface area (Å²) in [5.74, 6) is -3.50. The third kappa shape index (κ3) is 4.97. The van der Waals surface area contributed by atoms with E-state index in [1.54, 1.807) is 0 Å². The number of benzene rings is 1. The first-order valence-corrected chi connectivity index (χ1v) is 7.11. The van der Waals surface area contributed by atoms with Crippen LogP contribution in [0, 0.1) is 11.6 Å². The number of carbonyl (C=O) groups excluding carboxylic acids is 1. The molecule has 0 unspecified atom stereocenters. The Kier molecular flexibility index (Phi) is 6.00. The second-order valence-electron chi connectivity index (χ2n) is 5.09. The summed E-state index contributed by atoms with van der Waals surface area (Å²) in [4.78, 5) is 24.4. The van der Waals surface area contributed by atoms with E-state index in [1.165, 1.54) is 11.0 Å². The van der Waals surface area contributed by atoms with Crippen molar-refractivity contribution in [1.82, 2.24) is 4.90 Å². The van der Waals surface area contributed by atoms with Gasteiger partial charge in [0.2, 0.25) is 0 Å². The highest BCUT2D eigenvalue weighted by Gasteiger charge is 2.28. The van der Waals surface area contributed by atoms with Gasteiger partial charge in [0, 0.05) is 13.1 Å². The Bertz CT molecular complexity index is 575.